The van der Waals surface area contributed by atoms with E-state index in [4.69, 9.17) is 32.1 Å². The number of carbonyl (C=O) groups excluding carboxylic acids is 2. The van der Waals surface area contributed by atoms with Crippen molar-refractivity contribution in [1.29, 1.82) is 0 Å². The second kappa shape index (κ2) is 30.8. The van der Waals surface area contributed by atoms with Gasteiger partial charge in [-0.3, -0.25) is 9.59 Å². The SMILES string of the molecule is C.C.COCOC(C)C1CO1.N.O.[C-]#[N+]CC(=O)NCC(O)C(C)OCOC.[C-]#[N+]CC(C)=O. The fourth-order valence-electron chi connectivity index (χ4n) is 1.52. The highest BCUT2D eigenvalue weighted by molar-refractivity contribution is 5.79. The molecule has 1 aliphatic heterocycles. The molecule has 1 amide bonds. The third-order valence-electron chi connectivity index (χ3n) is 3.35. The number of nitrogens with zero attached hydrogens (tertiary/aromatic N) is 2. The van der Waals surface area contributed by atoms with E-state index < -0.39 is 18.1 Å². The van der Waals surface area contributed by atoms with Crippen LogP contribution < -0.4 is 11.5 Å². The van der Waals surface area contributed by atoms with Crippen LogP contribution in [0.3, 0.4) is 0 Å². The maximum atomic E-state index is 10.9. The Labute approximate surface area is 204 Å². The summed E-state index contributed by atoms with van der Waals surface area (Å²) in [6.45, 7) is 18.8. The number of ether oxygens (including phenoxy) is 5. The number of nitrogens with one attached hydrogen (secondary N) is 1. The number of carbonyl (C=O) groups is 2. The lowest BCUT2D eigenvalue weighted by molar-refractivity contribution is -0.122. The number of Topliss-reactive ketones (excluding diaryl/α,β-unsaturated/α-hetero) is 1. The maximum absolute atomic E-state index is 10.9. The predicted octanol–water partition coefficient (Wildman–Crippen LogP) is 0.890. The zero-order valence-electron chi connectivity index (χ0n) is 19.5. The summed E-state index contributed by atoms with van der Waals surface area (Å²) in [5.74, 6) is -0.465. The van der Waals surface area contributed by atoms with Gasteiger partial charge < -0.3 is 55.4 Å². The summed E-state index contributed by atoms with van der Waals surface area (Å²) < 4.78 is 24.6. The monoisotopic (exact) mass is 498 g/mol. The molecular formula is C21H46N4O9. The molecule has 0 aromatic carbocycles. The zero-order chi connectivity index (χ0) is 23.4. The number of epoxide rings is 1. The van der Waals surface area contributed by atoms with Crippen molar-refractivity contribution in [2.75, 3.05) is 54.0 Å². The number of aliphatic hydroxyl groups is 1. The first-order valence-corrected chi connectivity index (χ1v) is 9.16. The molecule has 4 unspecified atom stereocenters. The van der Waals surface area contributed by atoms with Crippen LogP contribution >= 0.6 is 0 Å². The first-order chi connectivity index (χ1) is 14.2. The molecule has 0 saturated carbocycles. The van der Waals surface area contributed by atoms with Gasteiger partial charge in [-0.1, -0.05) is 14.9 Å². The van der Waals surface area contributed by atoms with Crippen molar-refractivity contribution in [3.05, 3.63) is 22.8 Å². The van der Waals surface area contributed by atoms with Gasteiger partial charge in [0.2, 0.25) is 5.78 Å². The number of ketones is 1. The third-order valence-corrected chi connectivity index (χ3v) is 3.35. The van der Waals surface area contributed by atoms with Crippen molar-refractivity contribution in [3.8, 4) is 0 Å². The van der Waals surface area contributed by atoms with Gasteiger partial charge >= 0.3 is 0 Å². The molecule has 13 heteroatoms. The van der Waals surface area contributed by atoms with Crippen LogP contribution in [-0.2, 0) is 33.3 Å². The minimum Gasteiger partial charge on any atom is -0.412 e. The standard InChI is InChI=1S/C9H16N2O4.C6H12O3.C4H5NO.2CH4.H3N.H2O/c1-7(15-6-14-3)8(12)4-11-9(13)5-10-2;1-5(6-3-8-6)9-4-7-2;1-4(6)3-5-2;;;;/h7-8,12H,4-6H2,1,3H3,(H,11,13);5-6H,3-4H2,1-2H3;3H2,1H3;2*1H4;1H3;1H2. The largest absolute Gasteiger partial charge is 0.412 e. The molecule has 1 rings (SSSR count). The van der Waals surface area contributed by atoms with Crippen LogP contribution in [0.5, 0.6) is 0 Å². The van der Waals surface area contributed by atoms with Crippen molar-refractivity contribution in [3.63, 3.8) is 0 Å². The summed E-state index contributed by atoms with van der Waals surface area (Å²) in [5, 5.41) is 11.9. The van der Waals surface area contributed by atoms with Crippen molar-refractivity contribution >= 4 is 11.7 Å². The summed E-state index contributed by atoms with van der Waals surface area (Å²) in [7, 11) is 3.09. The van der Waals surface area contributed by atoms with Gasteiger partial charge in [0.15, 0.2) is 0 Å². The number of aliphatic hydroxyl groups excluding tert-OH is 1. The molecule has 0 aromatic heterocycles. The van der Waals surface area contributed by atoms with E-state index in [1.807, 2.05) is 6.92 Å². The zero-order valence-corrected chi connectivity index (χ0v) is 19.5. The van der Waals surface area contributed by atoms with Crippen LogP contribution in [0, 0.1) is 13.1 Å². The first-order valence-electron chi connectivity index (χ1n) is 9.16. The Balaban J connectivity index is -0.0000000893. The highest BCUT2D eigenvalue weighted by Crippen LogP contribution is 2.15. The Kier molecular flexibility index (Phi) is 41.1. The van der Waals surface area contributed by atoms with E-state index in [1.165, 1.54) is 14.0 Å². The second-order valence-electron chi connectivity index (χ2n) is 6.13. The van der Waals surface area contributed by atoms with Crippen LogP contribution in [0.2, 0.25) is 0 Å². The van der Waals surface area contributed by atoms with Gasteiger partial charge in [0, 0.05) is 27.7 Å². The maximum Gasteiger partial charge on any atom is 0.300 e. The lowest BCUT2D eigenvalue weighted by Gasteiger charge is -2.18. The molecule has 4 atom stereocenters. The highest BCUT2D eigenvalue weighted by atomic mass is 16.7. The van der Waals surface area contributed by atoms with Crippen LogP contribution in [0.1, 0.15) is 35.6 Å². The molecule has 0 spiro atoms. The number of rotatable bonds is 12. The smallest absolute Gasteiger partial charge is 0.300 e. The first kappa shape index (κ1) is 45.3. The molecule has 1 heterocycles. The average molecular weight is 499 g/mol. The van der Waals surface area contributed by atoms with E-state index in [9.17, 15) is 14.7 Å². The topological polar surface area (TPSA) is 191 Å². The molecule has 0 bridgehead atoms. The molecule has 1 fully saturated rings. The number of methoxy groups -OCH3 is 2. The molecular weight excluding hydrogens is 452 g/mol. The summed E-state index contributed by atoms with van der Waals surface area (Å²) in [5.41, 5.74) is 0. The van der Waals surface area contributed by atoms with Crippen molar-refractivity contribution < 1.29 is 43.9 Å². The van der Waals surface area contributed by atoms with Crippen molar-refractivity contribution in [2.45, 2.75) is 60.0 Å². The Morgan fingerprint density at radius 1 is 1.09 bits per heavy atom. The molecule has 1 aliphatic rings. The fraction of sp³-hybridized carbons (Fsp3) is 0.810. The third kappa shape index (κ3) is 32.0. The predicted molar refractivity (Wildman–Crippen MR) is 129 cm³/mol. The van der Waals surface area contributed by atoms with Gasteiger partial charge in [-0.2, -0.15) is 0 Å². The molecule has 0 radical (unpaired) electrons. The van der Waals surface area contributed by atoms with Crippen molar-refractivity contribution in [2.24, 2.45) is 0 Å². The van der Waals surface area contributed by atoms with E-state index >= 15 is 0 Å². The van der Waals surface area contributed by atoms with Crippen LogP contribution in [0.25, 0.3) is 9.69 Å². The highest BCUT2D eigenvalue weighted by Gasteiger charge is 2.29. The Bertz CT molecular complexity index is 549. The quantitative estimate of drug-likeness (QED) is 0.199. The van der Waals surface area contributed by atoms with E-state index in [2.05, 4.69) is 19.7 Å². The van der Waals surface area contributed by atoms with E-state index in [-0.39, 0.29) is 64.8 Å². The van der Waals surface area contributed by atoms with Gasteiger partial charge in [0.05, 0.1) is 24.9 Å². The lowest BCUT2D eigenvalue weighted by atomic mass is 10.2. The van der Waals surface area contributed by atoms with Gasteiger partial charge in [0.25, 0.3) is 19.0 Å². The Morgan fingerprint density at radius 3 is 1.91 bits per heavy atom. The lowest BCUT2D eigenvalue weighted by Crippen LogP contribution is -2.39. The van der Waals surface area contributed by atoms with Crippen LogP contribution in [0.4, 0.5) is 0 Å². The average Bonchev–Trinajstić information content (AvgIpc) is 3.55. The van der Waals surface area contributed by atoms with Crippen LogP contribution in [0.15, 0.2) is 0 Å². The number of hydrogen-bond donors (Lipinski definition) is 3. The van der Waals surface area contributed by atoms with Crippen molar-refractivity contribution in [1.82, 2.24) is 11.5 Å². The molecule has 0 aromatic rings. The summed E-state index contributed by atoms with van der Waals surface area (Å²) in [6.07, 6.45) is -0.738. The minimum absolute atomic E-state index is 0. The minimum atomic E-state index is -0.810. The van der Waals surface area contributed by atoms with E-state index in [0.29, 0.717) is 12.9 Å². The summed E-state index contributed by atoms with van der Waals surface area (Å²) in [6, 6.07) is 0. The van der Waals surface area contributed by atoms with Crippen LogP contribution in [-0.4, -0.2) is 101 Å². The van der Waals surface area contributed by atoms with Gasteiger partial charge in [-0.05, 0) is 13.8 Å². The molecule has 0 aliphatic carbocycles. The van der Waals surface area contributed by atoms with E-state index in [0.717, 1.165) is 6.61 Å². The number of amides is 1. The van der Waals surface area contributed by atoms with Gasteiger partial charge in [0.1, 0.15) is 19.7 Å². The second-order valence-corrected chi connectivity index (χ2v) is 6.13. The molecule has 7 N–H and O–H groups in total. The fourth-order valence-corrected chi connectivity index (χ4v) is 1.52. The summed E-state index contributed by atoms with van der Waals surface area (Å²) >= 11 is 0. The normalized spacial score (nSPS) is 14.8. The molecule has 13 nitrogen and oxygen atoms in total. The Morgan fingerprint density at radius 2 is 1.56 bits per heavy atom. The van der Waals surface area contributed by atoms with Gasteiger partial charge in [-0.15, -0.1) is 0 Å². The Hall–Kier alpha value is -2.20. The summed E-state index contributed by atoms with van der Waals surface area (Å²) in [4.78, 5) is 26.5. The van der Waals surface area contributed by atoms with E-state index in [1.54, 1.807) is 14.0 Å². The molecule has 34 heavy (non-hydrogen) atoms. The van der Waals surface area contributed by atoms with Gasteiger partial charge in [-0.25, -0.2) is 13.1 Å². The number of hydrogen-bond acceptors (Lipinski definition) is 9. The molecule has 204 valence electrons. The molecule has 1 saturated heterocycles.